The molecule has 8 heteroatoms. The summed E-state index contributed by atoms with van der Waals surface area (Å²) in [5, 5.41) is 6.61. The predicted octanol–water partition coefficient (Wildman–Crippen LogP) is 0.240. The summed E-state index contributed by atoms with van der Waals surface area (Å²) < 4.78 is 40.9. The van der Waals surface area contributed by atoms with Crippen LogP contribution < -0.4 is 0 Å². The number of nitrogens with zero attached hydrogens (tertiary/aromatic N) is 2. The van der Waals surface area contributed by atoms with E-state index in [-0.39, 0.29) is 0 Å². The van der Waals surface area contributed by atoms with Crippen molar-refractivity contribution in [2.75, 3.05) is 0 Å². The van der Waals surface area contributed by atoms with Gasteiger partial charge < -0.3 is 4.42 Å². The van der Waals surface area contributed by atoms with Crippen LogP contribution in [0.3, 0.4) is 0 Å². The minimum Gasteiger partial charge on any atom is -0.431 e. The van der Waals surface area contributed by atoms with E-state index in [2.05, 4.69) is 14.6 Å². The van der Waals surface area contributed by atoms with Crippen molar-refractivity contribution in [1.82, 2.24) is 10.2 Å². The van der Waals surface area contributed by atoms with E-state index in [0.717, 1.165) is 0 Å². The third kappa shape index (κ3) is 15.8. The summed E-state index contributed by atoms with van der Waals surface area (Å²) in [7, 11) is -5.67. The zero-order valence-electron chi connectivity index (χ0n) is 4.44. The zero-order chi connectivity index (χ0) is 8.04. The van der Waals surface area contributed by atoms with Crippen LogP contribution in [0.1, 0.15) is 0 Å². The molecule has 0 amide bonds. The summed E-state index contributed by atoms with van der Waals surface area (Å²) in [6.45, 7) is 0. The Balaban J connectivity index is 0.000000162. The maximum Gasteiger partial charge on any atom is 0.476 e. The average molecular weight is 172 g/mol. The van der Waals surface area contributed by atoms with Crippen LogP contribution in [0.25, 0.3) is 0 Å². The second-order valence-corrected chi connectivity index (χ2v) is 1.71. The normalized spacial score (nSPS) is 9.80. The van der Waals surface area contributed by atoms with Gasteiger partial charge in [0.1, 0.15) is 0 Å². The monoisotopic (exact) mass is 172 g/mol. The van der Waals surface area contributed by atoms with E-state index >= 15 is 0 Å². The molecule has 0 unspecified atom stereocenters. The molecule has 5 nitrogen and oxygen atoms in total. The first-order chi connectivity index (χ1) is 4.50. The second-order valence-electron chi connectivity index (χ2n) is 0.956. The average Bonchev–Trinajstić information content (AvgIpc) is 2.07. The van der Waals surface area contributed by atoms with Crippen LogP contribution in [0, 0.1) is 0 Å². The third-order valence-corrected chi connectivity index (χ3v) is 0.283. The van der Waals surface area contributed by atoms with Crippen LogP contribution in [0.4, 0.5) is 7.77 Å². The second kappa shape index (κ2) is 3.88. The Bertz CT molecular complexity index is 218. The fourth-order valence-electron chi connectivity index (χ4n) is 0.136. The zero-order valence-corrected chi connectivity index (χ0v) is 5.25. The molecule has 0 aliphatic carbocycles. The van der Waals surface area contributed by atoms with Crippen molar-refractivity contribution in [3.8, 4) is 0 Å². The van der Waals surface area contributed by atoms with Gasteiger partial charge in [-0.3, -0.25) is 0 Å². The smallest absolute Gasteiger partial charge is 0.431 e. The van der Waals surface area contributed by atoms with Gasteiger partial charge in [0.15, 0.2) is 0 Å². The molecule has 0 fully saturated rings. The van der Waals surface area contributed by atoms with Crippen LogP contribution in [0.5, 0.6) is 0 Å². The molecule has 0 N–H and O–H groups in total. The van der Waals surface area contributed by atoms with Crippen molar-refractivity contribution in [2.24, 2.45) is 0 Å². The standard InChI is InChI=1S/C2H2N2O.F2O2S/c1-3-4-2-5-1;1-5(2,3)4/h1-2H;. The lowest BCUT2D eigenvalue weighted by Crippen LogP contribution is -1.69. The van der Waals surface area contributed by atoms with Gasteiger partial charge in [-0.2, -0.15) is 8.42 Å². The maximum atomic E-state index is 9.99. The van der Waals surface area contributed by atoms with Crippen LogP contribution in [0.2, 0.25) is 0 Å². The predicted molar refractivity (Wildman–Crippen MR) is 25.4 cm³/mol. The maximum absolute atomic E-state index is 9.99. The Kier molecular flexibility index (Phi) is 3.47. The molecule has 0 aromatic carbocycles. The third-order valence-electron chi connectivity index (χ3n) is 0.283. The summed E-state index contributed by atoms with van der Waals surface area (Å²) >= 11 is 0. The number of rotatable bonds is 0. The Hall–Kier alpha value is -1.05. The highest BCUT2D eigenvalue weighted by Crippen LogP contribution is 1.85. The number of aromatic nitrogens is 2. The Morgan fingerprint density at radius 2 is 1.50 bits per heavy atom. The molecule has 1 aromatic heterocycles. The van der Waals surface area contributed by atoms with E-state index in [1.165, 1.54) is 12.8 Å². The summed E-state index contributed by atoms with van der Waals surface area (Å²) in [6, 6.07) is 0. The van der Waals surface area contributed by atoms with E-state index in [0.29, 0.717) is 0 Å². The highest BCUT2D eigenvalue weighted by Gasteiger charge is 1.94. The summed E-state index contributed by atoms with van der Waals surface area (Å²) in [5.74, 6) is 0. The molecule has 0 spiro atoms. The molecule has 0 radical (unpaired) electrons. The first-order valence-corrected chi connectivity index (χ1v) is 3.11. The number of hydrogen-bond donors (Lipinski definition) is 0. The van der Waals surface area contributed by atoms with Gasteiger partial charge in [-0.05, 0) is 0 Å². The SMILES string of the molecule is O=S(=O)(F)F.c1nnco1. The highest BCUT2D eigenvalue weighted by atomic mass is 32.3. The van der Waals surface area contributed by atoms with Crippen molar-refractivity contribution >= 4 is 10.6 Å². The van der Waals surface area contributed by atoms with E-state index < -0.39 is 10.6 Å². The first-order valence-electron chi connectivity index (χ1n) is 1.83. The lowest BCUT2D eigenvalue weighted by atomic mass is 11.5. The lowest BCUT2D eigenvalue weighted by molar-refractivity contribution is 0.501. The van der Waals surface area contributed by atoms with Crippen molar-refractivity contribution in [2.45, 2.75) is 0 Å². The van der Waals surface area contributed by atoms with Crippen molar-refractivity contribution in [1.29, 1.82) is 0 Å². The molecule has 0 bridgehead atoms. The van der Waals surface area contributed by atoms with E-state index in [4.69, 9.17) is 8.42 Å². The fraction of sp³-hybridized carbons (Fsp3) is 0. The van der Waals surface area contributed by atoms with Crippen molar-refractivity contribution < 1.29 is 20.6 Å². The molecule has 0 atom stereocenters. The molecule has 1 heterocycles. The van der Waals surface area contributed by atoms with Crippen LogP contribution in [0.15, 0.2) is 17.2 Å². The van der Waals surface area contributed by atoms with Crippen LogP contribution in [-0.2, 0) is 10.6 Å². The molecule has 0 aliphatic rings. The van der Waals surface area contributed by atoms with Gasteiger partial charge in [0.2, 0.25) is 12.8 Å². The van der Waals surface area contributed by atoms with Gasteiger partial charge in [0, 0.05) is 0 Å². The van der Waals surface area contributed by atoms with Crippen LogP contribution in [-0.4, -0.2) is 18.6 Å². The molecule has 0 aliphatic heterocycles. The molecule has 0 saturated heterocycles. The van der Waals surface area contributed by atoms with Crippen LogP contribution >= 0.6 is 0 Å². The molecule has 58 valence electrons. The largest absolute Gasteiger partial charge is 0.476 e. The number of hydrogen-bond acceptors (Lipinski definition) is 5. The first kappa shape index (κ1) is 8.95. The fourth-order valence-corrected chi connectivity index (χ4v) is 0.136. The van der Waals surface area contributed by atoms with Crippen molar-refractivity contribution in [3.05, 3.63) is 12.8 Å². The summed E-state index contributed by atoms with van der Waals surface area (Å²) in [5.41, 5.74) is 0. The lowest BCUT2D eigenvalue weighted by Gasteiger charge is -1.57. The van der Waals surface area contributed by atoms with Gasteiger partial charge in [-0.25, -0.2) is 0 Å². The molecular weight excluding hydrogens is 170 g/mol. The molecule has 1 aromatic rings. The minimum absolute atomic E-state index is 1.26. The summed E-state index contributed by atoms with van der Waals surface area (Å²) in [4.78, 5) is 0. The van der Waals surface area contributed by atoms with E-state index in [1.807, 2.05) is 0 Å². The Morgan fingerprint density at radius 1 is 1.20 bits per heavy atom. The molecular formula is C2H2F2N2O3S. The van der Waals surface area contributed by atoms with Gasteiger partial charge >= 0.3 is 10.6 Å². The van der Waals surface area contributed by atoms with Gasteiger partial charge in [0.25, 0.3) is 0 Å². The van der Waals surface area contributed by atoms with Gasteiger partial charge in [0.05, 0.1) is 0 Å². The quantitative estimate of drug-likeness (QED) is 0.524. The molecule has 10 heavy (non-hydrogen) atoms. The van der Waals surface area contributed by atoms with Crippen molar-refractivity contribution in [3.63, 3.8) is 0 Å². The molecule has 1 rings (SSSR count). The minimum atomic E-state index is -5.67. The molecule has 0 saturated carbocycles. The highest BCUT2D eigenvalue weighted by molar-refractivity contribution is 7.81. The van der Waals surface area contributed by atoms with Gasteiger partial charge in [-0.1, -0.05) is 7.77 Å². The summed E-state index contributed by atoms with van der Waals surface area (Å²) in [6.07, 6.45) is 2.53. The number of halogens is 2. The Labute approximate surface area is 55.2 Å². The van der Waals surface area contributed by atoms with E-state index in [1.54, 1.807) is 0 Å². The van der Waals surface area contributed by atoms with Gasteiger partial charge in [-0.15, -0.1) is 10.2 Å². The van der Waals surface area contributed by atoms with E-state index in [9.17, 15) is 7.77 Å². The topological polar surface area (TPSA) is 73.1 Å². The Morgan fingerprint density at radius 3 is 1.60 bits per heavy atom.